The molecule has 1 aliphatic carbocycles. The maximum Gasteiger partial charge on any atom is 0.135 e. The maximum atomic E-state index is 5.26. The Kier molecular flexibility index (Phi) is 3.57. The Balaban J connectivity index is 2.13. The topological polar surface area (TPSA) is 21.3 Å². The van der Waals surface area contributed by atoms with Crippen molar-refractivity contribution in [1.29, 1.82) is 0 Å². The monoisotopic (exact) mass is 333 g/mol. The minimum atomic E-state index is 0.858. The van der Waals surface area contributed by atoms with Gasteiger partial charge in [-0.3, -0.25) is 0 Å². The van der Waals surface area contributed by atoms with Crippen LogP contribution in [0.5, 0.6) is 5.75 Å². The summed E-state index contributed by atoms with van der Waals surface area (Å²) in [4.78, 5) is 0. The Morgan fingerprint density at radius 2 is 2.07 bits per heavy atom. The average Bonchev–Trinajstić information content (AvgIpc) is 3.00. The highest BCUT2D eigenvalue weighted by molar-refractivity contribution is 9.11. The standard InChI is InChI=1S/C11H13Br2NO/c1-15-11-5-10(8(12)4-9(11)13)14-6-7-2-3-7/h4-5,7,14H,2-3,6H2,1H3. The zero-order chi connectivity index (χ0) is 10.8. The third kappa shape index (κ3) is 2.88. The van der Waals surface area contributed by atoms with Gasteiger partial charge in [-0.05, 0) is 56.7 Å². The van der Waals surface area contributed by atoms with Crippen molar-refractivity contribution >= 4 is 37.5 Å². The van der Waals surface area contributed by atoms with Crippen molar-refractivity contribution in [2.24, 2.45) is 5.92 Å². The van der Waals surface area contributed by atoms with Gasteiger partial charge in [0.05, 0.1) is 17.3 Å². The number of methoxy groups -OCH3 is 1. The SMILES string of the molecule is COc1cc(NCC2CC2)c(Br)cc1Br. The van der Waals surface area contributed by atoms with E-state index in [1.807, 2.05) is 12.1 Å². The Morgan fingerprint density at radius 3 is 2.67 bits per heavy atom. The van der Waals surface area contributed by atoms with Gasteiger partial charge in [0.15, 0.2) is 0 Å². The summed E-state index contributed by atoms with van der Waals surface area (Å²) in [5.74, 6) is 1.73. The van der Waals surface area contributed by atoms with Gasteiger partial charge in [-0.15, -0.1) is 0 Å². The van der Waals surface area contributed by atoms with E-state index in [0.717, 1.165) is 32.8 Å². The van der Waals surface area contributed by atoms with Crippen LogP contribution < -0.4 is 10.1 Å². The van der Waals surface area contributed by atoms with Crippen molar-refractivity contribution in [2.75, 3.05) is 19.0 Å². The predicted octanol–water partition coefficient (Wildman–Crippen LogP) is 4.04. The number of anilines is 1. The first-order chi connectivity index (χ1) is 7.20. The van der Waals surface area contributed by atoms with Gasteiger partial charge in [0.25, 0.3) is 0 Å². The molecule has 0 aliphatic heterocycles. The molecular weight excluding hydrogens is 322 g/mol. The van der Waals surface area contributed by atoms with Crippen molar-refractivity contribution < 1.29 is 4.74 Å². The number of rotatable bonds is 4. The number of ether oxygens (including phenoxy) is 1. The molecule has 1 aromatic rings. The first-order valence-electron chi connectivity index (χ1n) is 4.97. The van der Waals surface area contributed by atoms with Crippen LogP contribution in [0.25, 0.3) is 0 Å². The van der Waals surface area contributed by atoms with Crippen LogP contribution in [0.2, 0.25) is 0 Å². The van der Waals surface area contributed by atoms with Crippen LogP contribution in [0.3, 0.4) is 0 Å². The molecule has 1 aliphatic rings. The van der Waals surface area contributed by atoms with Crippen LogP contribution in [-0.4, -0.2) is 13.7 Å². The molecule has 0 unspecified atom stereocenters. The Morgan fingerprint density at radius 1 is 1.33 bits per heavy atom. The van der Waals surface area contributed by atoms with Crippen LogP contribution in [0.1, 0.15) is 12.8 Å². The van der Waals surface area contributed by atoms with Gasteiger partial charge in [0, 0.05) is 17.1 Å². The third-order valence-corrected chi connectivity index (χ3v) is 3.80. The van der Waals surface area contributed by atoms with E-state index in [4.69, 9.17) is 4.74 Å². The molecule has 0 aromatic heterocycles. The highest BCUT2D eigenvalue weighted by Crippen LogP contribution is 2.36. The van der Waals surface area contributed by atoms with Crippen molar-refractivity contribution in [3.63, 3.8) is 0 Å². The minimum Gasteiger partial charge on any atom is -0.495 e. The number of halogens is 2. The molecule has 2 nitrogen and oxygen atoms in total. The molecule has 4 heteroatoms. The molecule has 0 bridgehead atoms. The summed E-state index contributed by atoms with van der Waals surface area (Å²) in [5.41, 5.74) is 1.10. The number of hydrogen-bond acceptors (Lipinski definition) is 2. The average molecular weight is 335 g/mol. The number of nitrogens with one attached hydrogen (secondary N) is 1. The molecule has 0 spiro atoms. The zero-order valence-corrected chi connectivity index (χ0v) is 11.7. The second kappa shape index (κ2) is 4.74. The molecule has 0 saturated heterocycles. The first kappa shape index (κ1) is 11.3. The molecule has 1 fully saturated rings. The molecular formula is C11H13Br2NO. The van der Waals surface area contributed by atoms with E-state index < -0.39 is 0 Å². The highest BCUT2D eigenvalue weighted by Gasteiger charge is 2.21. The van der Waals surface area contributed by atoms with Gasteiger partial charge in [-0.1, -0.05) is 0 Å². The fourth-order valence-electron chi connectivity index (χ4n) is 1.40. The quantitative estimate of drug-likeness (QED) is 0.897. The molecule has 82 valence electrons. The van der Waals surface area contributed by atoms with E-state index in [1.165, 1.54) is 12.8 Å². The molecule has 1 N–H and O–H groups in total. The Labute approximate surface area is 107 Å². The van der Waals surface area contributed by atoms with Crippen LogP contribution in [0.4, 0.5) is 5.69 Å². The molecule has 2 rings (SSSR count). The fraction of sp³-hybridized carbons (Fsp3) is 0.455. The maximum absolute atomic E-state index is 5.26. The van der Waals surface area contributed by atoms with Crippen LogP contribution in [0, 0.1) is 5.92 Å². The van der Waals surface area contributed by atoms with Crippen molar-refractivity contribution in [2.45, 2.75) is 12.8 Å². The van der Waals surface area contributed by atoms with Crippen molar-refractivity contribution in [1.82, 2.24) is 0 Å². The lowest BCUT2D eigenvalue weighted by Crippen LogP contribution is -2.04. The summed E-state index contributed by atoms with van der Waals surface area (Å²) in [6.45, 7) is 1.06. The molecule has 15 heavy (non-hydrogen) atoms. The zero-order valence-electron chi connectivity index (χ0n) is 8.52. The lowest BCUT2D eigenvalue weighted by Gasteiger charge is -2.11. The highest BCUT2D eigenvalue weighted by atomic mass is 79.9. The van der Waals surface area contributed by atoms with Gasteiger partial charge in [-0.2, -0.15) is 0 Å². The predicted molar refractivity (Wildman–Crippen MR) is 69.6 cm³/mol. The molecule has 1 saturated carbocycles. The Hall–Kier alpha value is -0.220. The second-order valence-corrected chi connectivity index (χ2v) is 5.50. The van der Waals surface area contributed by atoms with Crippen molar-refractivity contribution in [3.05, 3.63) is 21.1 Å². The summed E-state index contributed by atoms with van der Waals surface area (Å²) in [6, 6.07) is 4.02. The van der Waals surface area contributed by atoms with E-state index >= 15 is 0 Å². The van der Waals surface area contributed by atoms with Gasteiger partial charge in [0.2, 0.25) is 0 Å². The molecule has 1 aromatic carbocycles. The van der Waals surface area contributed by atoms with E-state index in [2.05, 4.69) is 37.2 Å². The number of hydrogen-bond donors (Lipinski definition) is 1. The van der Waals surface area contributed by atoms with Crippen LogP contribution in [-0.2, 0) is 0 Å². The molecule has 0 radical (unpaired) electrons. The Bertz CT molecular complexity index is 364. The molecule has 0 amide bonds. The van der Waals surface area contributed by atoms with Crippen LogP contribution in [0.15, 0.2) is 21.1 Å². The summed E-state index contributed by atoms with van der Waals surface area (Å²) in [6.07, 6.45) is 2.72. The van der Waals surface area contributed by atoms with Gasteiger partial charge >= 0.3 is 0 Å². The third-order valence-electron chi connectivity index (χ3n) is 2.52. The van der Waals surface area contributed by atoms with E-state index in [-0.39, 0.29) is 0 Å². The molecule has 0 atom stereocenters. The van der Waals surface area contributed by atoms with Crippen LogP contribution >= 0.6 is 31.9 Å². The van der Waals surface area contributed by atoms with Gasteiger partial charge in [0.1, 0.15) is 5.75 Å². The normalized spacial score (nSPS) is 15.1. The van der Waals surface area contributed by atoms with Gasteiger partial charge < -0.3 is 10.1 Å². The van der Waals surface area contributed by atoms with E-state index in [9.17, 15) is 0 Å². The fourth-order valence-corrected chi connectivity index (χ4v) is 2.69. The van der Waals surface area contributed by atoms with Gasteiger partial charge in [-0.25, -0.2) is 0 Å². The van der Waals surface area contributed by atoms with E-state index in [0.29, 0.717) is 0 Å². The summed E-state index contributed by atoms with van der Waals surface area (Å²) >= 11 is 6.98. The number of benzene rings is 1. The summed E-state index contributed by atoms with van der Waals surface area (Å²) in [5, 5.41) is 3.43. The minimum absolute atomic E-state index is 0.858. The first-order valence-corrected chi connectivity index (χ1v) is 6.56. The lowest BCUT2D eigenvalue weighted by molar-refractivity contribution is 0.412. The van der Waals surface area contributed by atoms with Crippen molar-refractivity contribution in [3.8, 4) is 5.75 Å². The largest absolute Gasteiger partial charge is 0.495 e. The smallest absolute Gasteiger partial charge is 0.135 e. The summed E-state index contributed by atoms with van der Waals surface area (Å²) < 4.78 is 7.29. The molecule has 0 heterocycles. The van der Waals surface area contributed by atoms with E-state index in [1.54, 1.807) is 7.11 Å². The summed E-state index contributed by atoms with van der Waals surface area (Å²) in [7, 11) is 1.68. The lowest BCUT2D eigenvalue weighted by atomic mass is 10.3. The second-order valence-electron chi connectivity index (χ2n) is 3.79.